The molecule has 1 aliphatic rings. The number of hydrogen-bond acceptors (Lipinski definition) is 2. The van der Waals surface area contributed by atoms with E-state index in [1.807, 2.05) is 30.3 Å². The first-order valence-corrected chi connectivity index (χ1v) is 11.8. The van der Waals surface area contributed by atoms with E-state index in [1.54, 1.807) is 0 Å². The van der Waals surface area contributed by atoms with Crippen molar-refractivity contribution >= 4 is 0 Å². The van der Waals surface area contributed by atoms with Gasteiger partial charge in [-0.1, -0.05) is 72.8 Å². The number of aryl methyl sites for hydroxylation is 3. The van der Waals surface area contributed by atoms with E-state index >= 15 is 0 Å². The van der Waals surface area contributed by atoms with E-state index in [4.69, 9.17) is 9.47 Å². The van der Waals surface area contributed by atoms with Crippen molar-refractivity contribution < 1.29 is 9.47 Å². The largest absolute Gasteiger partial charge is 0.468 e. The van der Waals surface area contributed by atoms with Crippen molar-refractivity contribution in [3.63, 3.8) is 0 Å². The molecule has 0 heterocycles. The second-order valence-electron chi connectivity index (χ2n) is 8.73. The van der Waals surface area contributed by atoms with Crippen LogP contribution in [0.4, 0.5) is 0 Å². The molecule has 0 unspecified atom stereocenters. The topological polar surface area (TPSA) is 18.5 Å². The molecule has 4 rings (SSSR count). The second kappa shape index (κ2) is 11.7. The molecule has 0 atom stereocenters. The highest BCUT2D eigenvalue weighted by atomic mass is 16.7. The highest BCUT2D eigenvalue weighted by molar-refractivity contribution is 5.24. The Morgan fingerprint density at radius 3 is 1.77 bits per heavy atom. The normalized spacial score (nSPS) is 18.6. The molecule has 2 heteroatoms. The van der Waals surface area contributed by atoms with Crippen LogP contribution in [0.5, 0.6) is 5.75 Å². The highest BCUT2D eigenvalue weighted by Crippen LogP contribution is 2.29. The molecule has 0 bridgehead atoms. The molecule has 0 N–H and O–H groups in total. The van der Waals surface area contributed by atoms with E-state index in [9.17, 15) is 0 Å². The Hall–Kier alpha value is -2.58. The van der Waals surface area contributed by atoms with Crippen LogP contribution in [-0.2, 0) is 24.0 Å². The fourth-order valence-corrected chi connectivity index (χ4v) is 4.48. The Balaban J connectivity index is 1.11. The third-order valence-corrected chi connectivity index (χ3v) is 6.48. The lowest BCUT2D eigenvalue weighted by Gasteiger charge is -2.28. The zero-order valence-corrected chi connectivity index (χ0v) is 18.4. The van der Waals surface area contributed by atoms with E-state index in [2.05, 4.69) is 54.6 Å². The zero-order valence-electron chi connectivity index (χ0n) is 18.4. The van der Waals surface area contributed by atoms with Gasteiger partial charge in [0, 0.05) is 0 Å². The van der Waals surface area contributed by atoms with Crippen molar-refractivity contribution in [2.45, 2.75) is 57.5 Å². The minimum absolute atomic E-state index is 0.351. The average Bonchev–Trinajstić information content (AvgIpc) is 2.84. The molecule has 0 saturated heterocycles. The summed E-state index contributed by atoms with van der Waals surface area (Å²) in [6.07, 6.45) is 9.90. The second-order valence-corrected chi connectivity index (χ2v) is 8.73. The van der Waals surface area contributed by atoms with Gasteiger partial charge >= 0.3 is 0 Å². The molecule has 1 saturated carbocycles. The summed E-state index contributed by atoms with van der Waals surface area (Å²) >= 11 is 0. The number of ether oxygens (including phenoxy) is 2. The average molecular weight is 415 g/mol. The van der Waals surface area contributed by atoms with Gasteiger partial charge in [0.2, 0.25) is 0 Å². The van der Waals surface area contributed by atoms with E-state index in [0.717, 1.165) is 37.4 Å². The van der Waals surface area contributed by atoms with E-state index in [0.29, 0.717) is 12.9 Å². The van der Waals surface area contributed by atoms with Gasteiger partial charge in [-0.3, -0.25) is 0 Å². The third kappa shape index (κ3) is 7.25. The molecule has 0 radical (unpaired) electrons. The molecule has 3 aromatic carbocycles. The van der Waals surface area contributed by atoms with Crippen LogP contribution in [-0.4, -0.2) is 12.9 Å². The Labute approximate surface area is 187 Å². The van der Waals surface area contributed by atoms with E-state index in [-0.39, 0.29) is 0 Å². The van der Waals surface area contributed by atoms with Crippen LogP contribution in [0.3, 0.4) is 0 Å². The van der Waals surface area contributed by atoms with E-state index < -0.39 is 0 Å². The molecule has 1 fully saturated rings. The summed E-state index contributed by atoms with van der Waals surface area (Å²) in [4.78, 5) is 0. The van der Waals surface area contributed by atoms with Crippen molar-refractivity contribution in [1.82, 2.24) is 0 Å². The summed E-state index contributed by atoms with van der Waals surface area (Å²) in [6.45, 7) is 0.357. The lowest BCUT2D eigenvalue weighted by atomic mass is 9.83. The number of benzene rings is 3. The summed E-state index contributed by atoms with van der Waals surface area (Å²) in [5, 5.41) is 0. The third-order valence-electron chi connectivity index (χ3n) is 6.48. The Morgan fingerprint density at radius 1 is 0.581 bits per heavy atom. The molecular formula is C29H34O2. The minimum atomic E-state index is 0.351. The van der Waals surface area contributed by atoms with Gasteiger partial charge in [-0.2, -0.15) is 0 Å². The molecule has 0 spiro atoms. The van der Waals surface area contributed by atoms with Crippen LogP contribution in [0.2, 0.25) is 0 Å². The molecule has 0 amide bonds. The predicted molar refractivity (Wildman–Crippen MR) is 127 cm³/mol. The smallest absolute Gasteiger partial charge is 0.189 e. The number of hydrogen-bond donors (Lipinski definition) is 0. The molecule has 3 aromatic rings. The summed E-state index contributed by atoms with van der Waals surface area (Å²) in [6, 6.07) is 29.9. The number of para-hydroxylation sites is 1. The van der Waals surface area contributed by atoms with Crippen molar-refractivity contribution in [2.24, 2.45) is 5.92 Å². The summed E-state index contributed by atoms with van der Waals surface area (Å²) in [5.41, 5.74) is 4.32. The van der Waals surface area contributed by atoms with Crippen LogP contribution >= 0.6 is 0 Å². The van der Waals surface area contributed by atoms with Gasteiger partial charge in [-0.25, -0.2) is 0 Å². The molecule has 1 aliphatic carbocycles. The van der Waals surface area contributed by atoms with Crippen LogP contribution in [0.25, 0.3) is 0 Å². The van der Waals surface area contributed by atoms with Gasteiger partial charge in [0.15, 0.2) is 6.79 Å². The Kier molecular flexibility index (Phi) is 8.18. The SMILES string of the molecule is c1ccc(CCc2ccc(CCC3CCC(OCOc4ccccc4)CC3)cc2)cc1. The maximum Gasteiger partial charge on any atom is 0.189 e. The quantitative estimate of drug-likeness (QED) is 0.332. The lowest BCUT2D eigenvalue weighted by molar-refractivity contribution is -0.0552. The van der Waals surface area contributed by atoms with Crippen molar-refractivity contribution in [2.75, 3.05) is 6.79 Å². The lowest BCUT2D eigenvalue weighted by Crippen LogP contribution is -2.23. The van der Waals surface area contributed by atoms with Gasteiger partial charge in [0.05, 0.1) is 6.10 Å². The molecule has 0 aliphatic heterocycles. The first kappa shape index (κ1) is 21.6. The Morgan fingerprint density at radius 2 is 1.13 bits per heavy atom. The van der Waals surface area contributed by atoms with Gasteiger partial charge in [-0.15, -0.1) is 0 Å². The maximum atomic E-state index is 5.94. The highest BCUT2D eigenvalue weighted by Gasteiger charge is 2.21. The molecular weight excluding hydrogens is 380 g/mol. The van der Waals surface area contributed by atoms with Crippen molar-refractivity contribution in [3.05, 3.63) is 102 Å². The van der Waals surface area contributed by atoms with Crippen LogP contribution in [0, 0.1) is 5.92 Å². The summed E-state index contributed by atoms with van der Waals surface area (Å²) in [5.74, 6) is 1.70. The maximum absolute atomic E-state index is 5.94. The number of rotatable bonds is 10. The molecule has 31 heavy (non-hydrogen) atoms. The zero-order chi connectivity index (χ0) is 21.1. The minimum Gasteiger partial charge on any atom is -0.468 e. The van der Waals surface area contributed by atoms with Gasteiger partial charge < -0.3 is 9.47 Å². The fourth-order valence-electron chi connectivity index (χ4n) is 4.48. The van der Waals surface area contributed by atoms with Crippen LogP contribution in [0.1, 0.15) is 48.8 Å². The first-order chi connectivity index (χ1) is 15.3. The molecule has 2 nitrogen and oxygen atoms in total. The summed E-state index contributed by atoms with van der Waals surface area (Å²) < 4.78 is 11.6. The predicted octanol–water partition coefficient (Wildman–Crippen LogP) is 7.02. The van der Waals surface area contributed by atoms with Crippen molar-refractivity contribution in [1.29, 1.82) is 0 Å². The van der Waals surface area contributed by atoms with Gasteiger partial charge in [0.25, 0.3) is 0 Å². The Bertz CT molecular complexity index is 866. The standard InChI is InChI=1S/C29H34O2/c1-3-7-24(8-4-1)11-12-25-13-15-26(16-14-25)17-18-27-19-21-29(22-20-27)31-23-30-28-9-5-2-6-10-28/h1-10,13-16,27,29H,11-12,17-23H2. The summed E-state index contributed by atoms with van der Waals surface area (Å²) in [7, 11) is 0. The molecule has 0 aromatic heterocycles. The van der Waals surface area contributed by atoms with Crippen LogP contribution in [0.15, 0.2) is 84.9 Å². The fraction of sp³-hybridized carbons (Fsp3) is 0.379. The molecule has 162 valence electrons. The van der Waals surface area contributed by atoms with Crippen LogP contribution < -0.4 is 4.74 Å². The van der Waals surface area contributed by atoms with E-state index in [1.165, 1.54) is 42.4 Å². The first-order valence-electron chi connectivity index (χ1n) is 11.8. The van der Waals surface area contributed by atoms with Gasteiger partial charge in [0.1, 0.15) is 5.75 Å². The monoisotopic (exact) mass is 414 g/mol. The van der Waals surface area contributed by atoms with Crippen molar-refractivity contribution in [3.8, 4) is 5.75 Å². The van der Waals surface area contributed by atoms with Gasteiger partial charge in [-0.05, 0) is 86.1 Å².